The Bertz CT molecular complexity index is 735. The van der Waals surface area contributed by atoms with Crippen LogP contribution < -0.4 is 11.4 Å². The molecule has 0 saturated carbocycles. The lowest BCUT2D eigenvalue weighted by Gasteiger charge is -2.07. The van der Waals surface area contributed by atoms with E-state index in [0.717, 1.165) is 29.5 Å². The Morgan fingerprint density at radius 2 is 2.14 bits per heavy atom. The fraction of sp³-hybridized carbons (Fsp3) is 0.412. The number of hydrogen-bond donors (Lipinski definition) is 1. The first-order valence-electron chi connectivity index (χ1n) is 7.48. The smallest absolute Gasteiger partial charge is 0.336 e. The first kappa shape index (κ1) is 16.6. The van der Waals surface area contributed by atoms with Crippen molar-refractivity contribution in [2.75, 3.05) is 6.54 Å². The molecule has 0 aliphatic rings. The molecule has 0 aliphatic heterocycles. The van der Waals surface area contributed by atoms with Crippen LogP contribution in [0, 0.1) is 5.92 Å². The highest BCUT2D eigenvalue weighted by atomic mass is 32.2. The molecule has 0 aliphatic carbocycles. The number of aryl methyl sites for hydroxylation is 1. The number of benzene rings is 1. The second-order valence-corrected chi connectivity index (χ2v) is 6.63. The van der Waals surface area contributed by atoms with E-state index >= 15 is 0 Å². The van der Waals surface area contributed by atoms with Crippen LogP contribution in [-0.4, -0.2) is 11.7 Å². The fourth-order valence-electron chi connectivity index (χ4n) is 2.08. The predicted octanol–water partition coefficient (Wildman–Crippen LogP) is 3.56. The average Bonchev–Trinajstić information content (AvgIpc) is 2.49. The molecule has 1 aromatic heterocycles. The van der Waals surface area contributed by atoms with Crippen LogP contribution in [0.1, 0.15) is 31.9 Å². The van der Waals surface area contributed by atoms with Crippen molar-refractivity contribution in [3.05, 3.63) is 45.8 Å². The second-order valence-electron chi connectivity index (χ2n) is 5.64. The molecule has 2 rings (SSSR count). The van der Waals surface area contributed by atoms with Crippen molar-refractivity contribution in [2.24, 2.45) is 16.6 Å². The van der Waals surface area contributed by atoms with Gasteiger partial charge in [0.05, 0.1) is 0 Å². The Hall–Kier alpha value is -1.75. The molecule has 0 atom stereocenters. The van der Waals surface area contributed by atoms with E-state index in [0.29, 0.717) is 22.4 Å². The van der Waals surface area contributed by atoms with Gasteiger partial charge in [0.25, 0.3) is 0 Å². The quantitative estimate of drug-likeness (QED) is 0.520. The number of rotatable bonds is 5. The molecule has 4 nitrogen and oxygen atoms in total. The van der Waals surface area contributed by atoms with E-state index in [1.165, 1.54) is 17.8 Å². The molecule has 2 N–H and O–H groups in total. The maximum absolute atomic E-state index is 11.7. The van der Waals surface area contributed by atoms with Crippen LogP contribution in [0.4, 0.5) is 0 Å². The van der Waals surface area contributed by atoms with Gasteiger partial charge in [0.2, 0.25) is 0 Å². The van der Waals surface area contributed by atoms with Gasteiger partial charge < -0.3 is 10.2 Å². The average molecular weight is 318 g/mol. The molecule has 22 heavy (non-hydrogen) atoms. The van der Waals surface area contributed by atoms with Gasteiger partial charge in [-0.25, -0.2) is 4.79 Å². The normalized spacial score (nSPS) is 12.3. The summed E-state index contributed by atoms with van der Waals surface area (Å²) in [6.07, 6.45) is 0.910. The lowest BCUT2D eigenvalue weighted by Crippen LogP contribution is -2.10. The standard InChI is InChI=1S/C17H22N2O2S/c1-4-12-5-6-14-13(8-16(20)21-15(14)7-12)10-22-17(18)19-9-11(2)3/h5-8,11H,4,9-10H2,1-3H3,(H2,18,19). The third-order valence-corrected chi connectivity index (χ3v) is 4.17. The van der Waals surface area contributed by atoms with E-state index in [-0.39, 0.29) is 5.63 Å². The predicted molar refractivity (Wildman–Crippen MR) is 94.5 cm³/mol. The first-order valence-corrected chi connectivity index (χ1v) is 8.46. The molecule has 1 aromatic carbocycles. The minimum atomic E-state index is -0.325. The summed E-state index contributed by atoms with van der Waals surface area (Å²) in [6.45, 7) is 6.99. The molecule has 0 spiro atoms. The lowest BCUT2D eigenvalue weighted by molar-refractivity contribution is 0.559. The zero-order valence-electron chi connectivity index (χ0n) is 13.3. The van der Waals surface area contributed by atoms with Gasteiger partial charge in [-0.05, 0) is 29.5 Å². The Balaban J connectivity index is 2.24. The van der Waals surface area contributed by atoms with Gasteiger partial charge in [0.1, 0.15) is 5.58 Å². The summed E-state index contributed by atoms with van der Waals surface area (Å²) >= 11 is 1.45. The van der Waals surface area contributed by atoms with E-state index in [1.54, 1.807) is 0 Å². The maximum atomic E-state index is 11.7. The summed E-state index contributed by atoms with van der Waals surface area (Å²) < 4.78 is 5.30. The van der Waals surface area contributed by atoms with Crippen LogP contribution in [0.25, 0.3) is 11.0 Å². The Morgan fingerprint density at radius 3 is 2.82 bits per heavy atom. The van der Waals surface area contributed by atoms with Crippen LogP contribution in [0.2, 0.25) is 0 Å². The third kappa shape index (κ3) is 4.37. The molecular weight excluding hydrogens is 296 g/mol. The van der Waals surface area contributed by atoms with E-state index in [2.05, 4.69) is 31.8 Å². The molecule has 0 fully saturated rings. The molecule has 0 amide bonds. The van der Waals surface area contributed by atoms with Crippen molar-refractivity contribution < 1.29 is 4.42 Å². The number of nitrogens with two attached hydrogens (primary N) is 1. The summed E-state index contributed by atoms with van der Waals surface area (Å²) in [5.41, 5.74) is 8.31. The molecule has 1 heterocycles. The van der Waals surface area contributed by atoms with Crippen molar-refractivity contribution >= 4 is 27.9 Å². The summed E-state index contributed by atoms with van der Waals surface area (Å²) in [5.74, 6) is 1.09. The van der Waals surface area contributed by atoms with Crippen LogP contribution in [0.3, 0.4) is 0 Å². The number of aliphatic imine (C=N–C) groups is 1. The molecule has 2 aromatic rings. The molecule has 118 valence electrons. The van der Waals surface area contributed by atoms with Crippen molar-refractivity contribution in [3.63, 3.8) is 0 Å². The summed E-state index contributed by atoms with van der Waals surface area (Å²) in [5, 5.41) is 1.52. The summed E-state index contributed by atoms with van der Waals surface area (Å²) in [4.78, 5) is 16.1. The monoisotopic (exact) mass is 318 g/mol. The second kappa shape index (κ2) is 7.49. The van der Waals surface area contributed by atoms with Crippen LogP contribution >= 0.6 is 11.8 Å². The van der Waals surface area contributed by atoms with Crippen LogP contribution in [-0.2, 0) is 12.2 Å². The van der Waals surface area contributed by atoms with E-state index in [1.807, 2.05) is 12.1 Å². The van der Waals surface area contributed by atoms with Gasteiger partial charge in [-0.15, -0.1) is 0 Å². The van der Waals surface area contributed by atoms with Gasteiger partial charge in [-0.3, -0.25) is 4.99 Å². The van der Waals surface area contributed by atoms with E-state index < -0.39 is 0 Å². The van der Waals surface area contributed by atoms with Gasteiger partial charge in [0, 0.05) is 23.8 Å². The first-order chi connectivity index (χ1) is 10.5. The highest BCUT2D eigenvalue weighted by molar-refractivity contribution is 8.13. The highest BCUT2D eigenvalue weighted by Gasteiger charge is 2.07. The Kier molecular flexibility index (Phi) is 5.66. The van der Waals surface area contributed by atoms with Crippen LogP contribution in [0.15, 0.2) is 38.5 Å². The molecular formula is C17H22N2O2S. The topological polar surface area (TPSA) is 68.6 Å². The molecule has 5 heteroatoms. The van der Waals surface area contributed by atoms with Crippen molar-refractivity contribution in [2.45, 2.75) is 32.9 Å². The molecule has 0 saturated heterocycles. The number of hydrogen-bond acceptors (Lipinski definition) is 4. The summed E-state index contributed by atoms with van der Waals surface area (Å²) in [6, 6.07) is 7.54. The Morgan fingerprint density at radius 1 is 1.36 bits per heavy atom. The van der Waals surface area contributed by atoms with Gasteiger partial charge >= 0.3 is 5.63 Å². The fourth-order valence-corrected chi connectivity index (χ4v) is 2.79. The lowest BCUT2D eigenvalue weighted by atomic mass is 10.1. The largest absolute Gasteiger partial charge is 0.423 e. The number of thioether (sulfide) groups is 1. The molecule has 0 radical (unpaired) electrons. The SMILES string of the molecule is CCc1ccc2c(CSC(N)=NCC(C)C)cc(=O)oc2c1. The van der Waals surface area contributed by atoms with Crippen molar-refractivity contribution in [3.8, 4) is 0 Å². The minimum Gasteiger partial charge on any atom is -0.423 e. The van der Waals surface area contributed by atoms with Crippen molar-refractivity contribution in [1.82, 2.24) is 0 Å². The van der Waals surface area contributed by atoms with E-state index in [9.17, 15) is 4.79 Å². The third-order valence-electron chi connectivity index (χ3n) is 3.29. The molecule has 0 unspecified atom stereocenters. The number of amidine groups is 1. The summed E-state index contributed by atoms with van der Waals surface area (Å²) in [7, 11) is 0. The zero-order valence-corrected chi connectivity index (χ0v) is 14.1. The minimum absolute atomic E-state index is 0.325. The van der Waals surface area contributed by atoms with Crippen molar-refractivity contribution in [1.29, 1.82) is 0 Å². The Labute approximate surface area is 134 Å². The van der Waals surface area contributed by atoms with E-state index in [4.69, 9.17) is 10.2 Å². The zero-order chi connectivity index (χ0) is 16.1. The van der Waals surface area contributed by atoms with Gasteiger partial charge in [0.15, 0.2) is 5.17 Å². The number of fused-ring (bicyclic) bond motifs is 1. The number of nitrogens with zero attached hydrogens (tertiary/aromatic N) is 1. The molecule has 0 bridgehead atoms. The highest BCUT2D eigenvalue weighted by Crippen LogP contribution is 2.22. The van der Waals surface area contributed by atoms with Gasteiger partial charge in [-0.1, -0.05) is 44.7 Å². The maximum Gasteiger partial charge on any atom is 0.336 e. The van der Waals surface area contributed by atoms with Gasteiger partial charge in [-0.2, -0.15) is 0 Å². The van der Waals surface area contributed by atoms with Crippen LogP contribution in [0.5, 0.6) is 0 Å².